The summed E-state index contributed by atoms with van der Waals surface area (Å²) in [5.41, 5.74) is 1.77. The molecule has 0 aliphatic rings. The van der Waals surface area contributed by atoms with Crippen LogP contribution in [0.4, 0.5) is 0 Å². The van der Waals surface area contributed by atoms with Gasteiger partial charge in [0.15, 0.2) is 0 Å². The van der Waals surface area contributed by atoms with Gasteiger partial charge in [0.2, 0.25) is 0 Å². The van der Waals surface area contributed by atoms with Gasteiger partial charge in [0.05, 0.1) is 13.2 Å². The first-order valence-electron chi connectivity index (χ1n) is 8.90. The van der Waals surface area contributed by atoms with Crippen LogP contribution in [-0.2, 0) is 31.6 Å². The van der Waals surface area contributed by atoms with E-state index in [0.29, 0.717) is 0 Å². The van der Waals surface area contributed by atoms with E-state index in [9.17, 15) is 9.36 Å². The zero-order chi connectivity index (χ0) is 19.7. The van der Waals surface area contributed by atoms with Gasteiger partial charge in [-0.3, -0.25) is 18.4 Å². The first-order chi connectivity index (χ1) is 13.7. The maximum Gasteiger partial charge on any atom is 0.401 e. The fourth-order valence-electron chi connectivity index (χ4n) is 2.45. The summed E-state index contributed by atoms with van der Waals surface area (Å²) in [6.07, 6.45) is 2.86. The zero-order valence-corrected chi connectivity index (χ0v) is 16.2. The van der Waals surface area contributed by atoms with Crippen molar-refractivity contribution in [3.05, 3.63) is 114 Å². The Balaban J connectivity index is 1.75. The molecular formula is C23H21O4P. The molecule has 0 amide bonds. The fraction of sp³-hybridized carbons (Fsp3) is 0.0870. The molecular weight excluding hydrogens is 371 g/mol. The second-order valence-electron chi connectivity index (χ2n) is 6.10. The molecule has 0 aromatic heterocycles. The number of benzene rings is 3. The van der Waals surface area contributed by atoms with Crippen molar-refractivity contribution in [1.82, 2.24) is 0 Å². The van der Waals surface area contributed by atoms with Gasteiger partial charge in [0.1, 0.15) is 0 Å². The Morgan fingerprint density at radius 2 is 1.14 bits per heavy atom. The Morgan fingerprint density at radius 1 is 0.714 bits per heavy atom. The lowest BCUT2D eigenvalue weighted by Gasteiger charge is -2.16. The summed E-state index contributed by atoms with van der Waals surface area (Å²) < 4.78 is 24.3. The van der Waals surface area contributed by atoms with Crippen LogP contribution in [0.25, 0.3) is 6.08 Å². The summed E-state index contributed by atoms with van der Waals surface area (Å²) in [4.78, 5) is 12.7. The summed E-state index contributed by atoms with van der Waals surface area (Å²) in [5, 5.41) is 0. The van der Waals surface area contributed by atoms with E-state index in [4.69, 9.17) is 9.05 Å². The van der Waals surface area contributed by atoms with Crippen LogP contribution in [0.1, 0.15) is 16.7 Å². The lowest BCUT2D eigenvalue weighted by molar-refractivity contribution is -0.110. The number of allylic oxidation sites excluding steroid dienone is 1. The minimum absolute atomic E-state index is 0.0256. The highest BCUT2D eigenvalue weighted by Crippen LogP contribution is 2.51. The Morgan fingerprint density at radius 3 is 1.61 bits per heavy atom. The molecule has 0 atom stereocenters. The molecule has 0 saturated heterocycles. The minimum atomic E-state index is -4.00. The summed E-state index contributed by atoms with van der Waals surface area (Å²) in [6, 6.07) is 27.8. The van der Waals surface area contributed by atoms with E-state index in [2.05, 4.69) is 0 Å². The van der Waals surface area contributed by atoms with Gasteiger partial charge >= 0.3 is 7.60 Å². The van der Waals surface area contributed by atoms with Crippen LogP contribution in [0, 0.1) is 0 Å². The molecule has 0 aliphatic heterocycles. The number of hydrogen-bond donors (Lipinski definition) is 0. The summed E-state index contributed by atoms with van der Waals surface area (Å²) in [7, 11) is -4.00. The Bertz CT molecular complexity index is 906. The van der Waals surface area contributed by atoms with Crippen molar-refractivity contribution in [3.63, 3.8) is 0 Å². The van der Waals surface area contributed by atoms with E-state index in [1.807, 2.05) is 91.0 Å². The SMILES string of the molecule is O=C(/C=C/c1ccccc1)P(=O)(OCc1ccccc1)OCc1ccccc1. The van der Waals surface area contributed by atoms with Crippen LogP contribution in [-0.4, -0.2) is 5.52 Å². The van der Waals surface area contributed by atoms with Gasteiger partial charge < -0.3 is 0 Å². The Hall–Kier alpha value is -2.78. The first-order valence-corrected chi connectivity index (χ1v) is 10.4. The van der Waals surface area contributed by atoms with Crippen LogP contribution < -0.4 is 0 Å². The Kier molecular flexibility index (Phi) is 7.10. The second-order valence-corrected chi connectivity index (χ2v) is 8.05. The topological polar surface area (TPSA) is 52.6 Å². The average Bonchev–Trinajstić information content (AvgIpc) is 2.77. The molecule has 0 unspecified atom stereocenters. The molecule has 3 aromatic rings. The molecule has 0 N–H and O–H groups in total. The highest BCUT2D eigenvalue weighted by molar-refractivity contribution is 7.72. The van der Waals surface area contributed by atoms with Gasteiger partial charge in [-0.1, -0.05) is 97.1 Å². The van der Waals surface area contributed by atoms with Crippen molar-refractivity contribution in [2.45, 2.75) is 13.2 Å². The van der Waals surface area contributed by atoms with E-state index in [-0.39, 0.29) is 13.2 Å². The van der Waals surface area contributed by atoms with Gasteiger partial charge in [-0.2, -0.15) is 0 Å². The highest BCUT2D eigenvalue weighted by atomic mass is 31.2. The van der Waals surface area contributed by atoms with Crippen LogP contribution in [0.3, 0.4) is 0 Å². The van der Waals surface area contributed by atoms with Gasteiger partial charge in [0, 0.05) is 0 Å². The molecule has 3 aromatic carbocycles. The summed E-state index contributed by atoms with van der Waals surface area (Å²) in [6.45, 7) is 0.0512. The zero-order valence-electron chi connectivity index (χ0n) is 15.3. The molecule has 4 nitrogen and oxygen atoms in total. The normalized spacial score (nSPS) is 11.6. The largest absolute Gasteiger partial charge is 0.401 e. The lowest BCUT2D eigenvalue weighted by atomic mass is 10.2. The molecule has 28 heavy (non-hydrogen) atoms. The molecule has 0 spiro atoms. The maximum absolute atomic E-state index is 13.2. The quantitative estimate of drug-likeness (QED) is 0.338. The summed E-state index contributed by atoms with van der Waals surface area (Å²) >= 11 is 0. The lowest BCUT2D eigenvalue weighted by Crippen LogP contribution is -2.05. The molecule has 0 aliphatic carbocycles. The molecule has 0 saturated carbocycles. The molecule has 0 bridgehead atoms. The standard InChI is InChI=1S/C23H21O4P/c24-23(17-16-20-10-4-1-5-11-20)28(25,26-18-21-12-6-2-7-13-21)27-19-22-14-8-3-9-15-22/h1-17H,18-19H2/b17-16+. The Labute approximate surface area is 165 Å². The highest BCUT2D eigenvalue weighted by Gasteiger charge is 2.33. The third kappa shape index (κ3) is 5.86. The number of carbonyl (C=O) groups is 1. The van der Waals surface area contributed by atoms with Gasteiger partial charge in [0.25, 0.3) is 5.52 Å². The van der Waals surface area contributed by atoms with Crippen molar-refractivity contribution in [1.29, 1.82) is 0 Å². The number of carbonyl (C=O) groups excluding carboxylic acids is 1. The van der Waals surface area contributed by atoms with Crippen molar-refractivity contribution in [2.24, 2.45) is 0 Å². The van der Waals surface area contributed by atoms with Crippen molar-refractivity contribution in [3.8, 4) is 0 Å². The summed E-state index contributed by atoms with van der Waals surface area (Å²) in [5.74, 6) is 0. The molecule has 0 fully saturated rings. The number of rotatable bonds is 9. The van der Waals surface area contributed by atoms with E-state index in [1.165, 1.54) is 6.08 Å². The van der Waals surface area contributed by atoms with Gasteiger partial charge in [-0.05, 0) is 22.8 Å². The molecule has 0 radical (unpaired) electrons. The van der Waals surface area contributed by atoms with Crippen molar-refractivity contribution < 1.29 is 18.4 Å². The molecule has 142 valence electrons. The van der Waals surface area contributed by atoms with E-state index >= 15 is 0 Å². The van der Waals surface area contributed by atoms with E-state index < -0.39 is 13.1 Å². The van der Waals surface area contributed by atoms with Crippen molar-refractivity contribution >= 4 is 19.2 Å². The average molecular weight is 392 g/mol. The van der Waals surface area contributed by atoms with E-state index in [1.54, 1.807) is 6.08 Å². The monoisotopic (exact) mass is 392 g/mol. The van der Waals surface area contributed by atoms with Gasteiger partial charge in [-0.15, -0.1) is 0 Å². The molecule has 0 heterocycles. The minimum Gasteiger partial charge on any atom is -0.298 e. The first kappa shape index (κ1) is 20.0. The predicted molar refractivity (Wildman–Crippen MR) is 111 cm³/mol. The maximum atomic E-state index is 13.2. The van der Waals surface area contributed by atoms with Crippen molar-refractivity contribution in [2.75, 3.05) is 0 Å². The van der Waals surface area contributed by atoms with E-state index in [0.717, 1.165) is 16.7 Å². The fourth-order valence-corrected chi connectivity index (χ4v) is 3.68. The van der Waals surface area contributed by atoms with Crippen LogP contribution in [0.5, 0.6) is 0 Å². The third-order valence-electron chi connectivity index (χ3n) is 3.98. The van der Waals surface area contributed by atoms with Gasteiger partial charge in [-0.25, -0.2) is 0 Å². The number of hydrogen-bond acceptors (Lipinski definition) is 4. The van der Waals surface area contributed by atoms with Crippen LogP contribution in [0.2, 0.25) is 0 Å². The van der Waals surface area contributed by atoms with Crippen LogP contribution in [0.15, 0.2) is 97.1 Å². The predicted octanol–water partition coefficient (Wildman–Crippen LogP) is 5.85. The second kappa shape index (κ2) is 9.95. The molecule has 3 rings (SSSR count). The molecule has 5 heteroatoms. The van der Waals surface area contributed by atoms with Crippen LogP contribution >= 0.6 is 7.60 Å². The smallest absolute Gasteiger partial charge is 0.298 e. The third-order valence-corrected chi connectivity index (χ3v) is 5.60.